The monoisotopic (exact) mass is 467 g/mol. The summed E-state index contributed by atoms with van der Waals surface area (Å²) >= 11 is 0. The van der Waals surface area contributed by atoms with Gasteiger partial charge in [-0.15, -0.1) is 0 Å². The van der Waals surface area contributed by atoms with Gasteiger partial charge in [-0.05, 0) is 68.5 Å². The molecule has 33 heavy (non-hydrogen) atoms. The van der Waals surface area contributed by atoms with Crippen molar-refractivity contribution in [1.82, 2.24) is 4.31 Å². The molecule has 7 nitrogen and oxygen atoms in total. The minimum atomic E-state index is -3.50. The van der Waals surface area contributed by atoms with Gasteiger partial charge in [0.25, 0.3) is 0 Å². The van der Waals surface area contributed by atoms with Crippen LogP contribution in [0.15, 0.2) is 47.4 Å². The van der Waals surface area contributed by atoms with Gasteiger partial charge in [0, 0.05) is 44.0 Å². The van der Waals surface area contributed by atoms with E-state index in [0.29, 0.717) is 31.1 Å². The summed E-state index contributed by atoms with van der Waals surface area (Å²) in [5, 5.41) is 0. The fourth-order valence-corrected chi connectivity index (χ4v) is 6.68. The number of nitrogens with zero attached hydrogens (tertiary/aromatic N) is 3. The van der Waals surface area contributed by atoms with Crippen molar-refractivity contribution in [3.8, 4) is 0 Å². The van der Waals surface area contributed by atoms with Crippen LogP contribution in [0.5, 0.6) is 0 Å². The van der Waals surface area contributed by atoms with E-state index in [1.54, 1.807) is 32.3 Å². The fraction of sp³-hybridized carbons (Fsp3) is 0.440. The molecule has 0 unspecified atom stereocenters. The van der Waals surface area contributed by atoms with Crippen molar-refractivity contribution in [3.63, 3.8) is 0 Å². The Hall–Kier alpha value is -2.71. The molecule has 0 N–H and O–H groups in total. The lowest BCUT2D eigenvalue weighted by Crippen LogP contribution is -2.40. The normalized spacial score (nSPS) is 21.5. The topological polar surface area (TPSA) is 78.0 Å². The summed E-state index contributed by atoms with van der Waals surface area (Å²) in [4.78, 5) is 29.9. The predicted molar refractivity (Wildman–Crippen MR) is 127 cm³/mol. The standard InChI is InChI=1S/C25H29N3O4S/c1-18-6-8-21(9-7-18)28-17-20(16-24(28)29)25(30)27-14-4-5-19-15-22(10-11-23(19)27)33(31,32)26-12-2-3-13-26/h6-11,15,20H,2-5,12-14,16-17H2,1H3/t20-/m1/s1. The number of sulfonamides is 1. The van der Waals surface area contributed by atoms with Gasteiger partial charge in [0.2, 0.25) is 21.8 Å². The summed E-state index contributed by atoms with van der Waals surface area (Å²) in [6.45, 7) is 4.08. The van der Waals surface area contributed by atoms with Crippen molar-refractivity contribution in [1.29, 1.82) is 0 Å². The minimum absolute atomic E-state index is 0.0403. The third-order valence-electron chi connectivity index (χ3n) is 6.96. The first kappa shape index (κ1) is 22.1. The number of carbonyl (C=O) groups is 2. The van der Waals surface area contributed by atoms with Crippen LogP contribution in [0.25, 0.3) is 0 Å². The molecule has 2 amide bonds. The van der Waals surface area contributed by atoms with Crippen molar-refractivity contribution in [2.24, 2.45) is 5.92 Å². The number of aryl methyl sites for hydroxylation is 2. The Bertz CT molecular complexity index is 1190. The fourth-order valence-electron chi connectivity index (χ4n) is 5.11. The van der Waals surface area contributed by atoms with Gasteiger partial charge in [-0.25, -0.2) is 8.42 Å². The molecule has 0 spiro atoms. The summed E-state index contributed by atoms with van der Waals surface area (Å²) < 4.78 is 27.5. The molecule has 0 saturated carbocycles. The molecule has 2 saturated heterocycles. The average Bonchev–Trinajstić information content (AvgIpc) is 3.49. The minimum Gasteiger partial charge on any atom is -0.312 e. The molecule has 3 heterocycles. The van der Waals surface area contributed by atoms with E-state index in [1.165, 1.54) is 0 Å². The highest BCUT2D eigenvalue weighted by Gasteiger charge is 2.39. The van der Waals surface area contributed by atoms with Crippen LogP contribution in [0.1, 0.15) is 36.8 Å². The van der Waals surface area contributed by atoms with Crippen molar-refractivity contribution < 1.29 is 18.0 Å². The summed E-state index contributed by atoms with van der Waals surface area (Å²) in [6, 6.07) is 12.9. The molecular weight excluding hydrogens is 438 g/mol. The highest BCUT2D eigenvalue weighted by atomic mass is 32.2. The quantitative estimate of drug-likeness (QED) is 0.692. The Morgan fingerprint density at radius 1 is 0.970 bits per heavy atom. The number of hydrogen-bond donors (Lipinski definition) is 0. The molecule has 0 aliphatic carbocycles. The molecule has 8 heteroatoms. The maximum Gasteiger partial charge on any atom is 0.243 e. The van der Waals surface area contributed by atoms with Crippen molar-refractivity contribution in [2.75, 3.05) is 36.0 Å². The molecule has 2 aromatic rings. The third-order valence-corrected chi connectivity index (χ3v) is 8.85. The second kappa shape index (κ2) is 8.57. The van der Waals surface area contributed by atoms with E-state index in [2.05, 4.69) is 0 Å². The average molecular weight is 468 g/mol. The Morgan fingerprint density at radius 3 is 2.42 bits per heavy atom. The third kappa shape index (κ3) is 4.06. The lowest BCUT2D eigenvalue weighted by Gasteiger charge is -2.32. The molecular formula is C25H29N3O4S. The first-order chi connectivity index (χ1) is 15.8. The Kier molecular flexibility index (Phi) is 5.74. The molecule has 2 fully saturated rings. The highest BCUT2D eigenvalue weighted by Crippen LogP contribution is 2.34. The van der Waals surface area contributed by atoms with Gasteiger partial charge in [-0.2, -0.15) is 4.31 Å². The maximum atomic E-state index is 13.5. The predicted octanol–water partition coefficient (Wildman–Crippen LogP) is 3.11. The van der Waals surface area contributed by atoms with Gasteiger partial charge < -0.3 is 9.80 Å². The van der Waals surface area contributed by atoms with Gasteiger partial charge in [0.15, 0.2) is 0 Å². The number of rotatable bonds is 4. The number of hydrogen-bond acceptors (Lipinski definition) is 4. The van der Waals surface area contributed by atoms with Gasteiger partial charge >= 0.3 is 0 Å². The molecule has 174 valence electrons. The van der Waals surface area contributed by atoms with Crippen LogP contribution in [-0.2, 0) is 26.0 Å². The van der Waals surface area contributed by atoms with Crippen LogP contribution in [0.4, 0.5) is 11.4 Å². The largest absolute Gasteiger partial charge is 0.312 e. The summed E-state index contributed by atoms with van der Waals surface area (Å²) in [5.74, 6) is -0.506. The summed E-state index contributed by atoms with van der Waals surface area (Å²) in [7, 11) is -3.50. The summed E-state index contributed by atoms with van der Waals surface area (Å²) in [5.41, 5.74) is 3.59. The van der Waals surface area contributed by atoms with Crippen molar-refractivity contribution >= 4 is 33.2 Å². The van der Waals surface area contributed by atoms with E-state index in [4.69, 9.17) is 0 Å². The summed E-state index contributed by atoms with van der Waals surface area (Å²) in [6.07, 6.45) is 3.49. The van der Waals surface area contributed by atoms with Crippen LogP contribution in [-0.4, -0.2) is 50.7 Å². The zero-order valence-electron chi connectivity index (χ0n) is 18.9. The zero-order valence-corrected chi connectivity index (χ0v) is 19.7. The zero-order chi connectivity index (χ0) is 23.2. The highest BCUT2D eigenvalue weighted by molar-refractivity contribution is 7.89. The molecule has 3 aliphatic heterocycles. The molecule has 3 aliphatic rings. The molecule has 0 radical (unpaired) electrons. The van der Waals surface area contributed by atoms with Gasteiger partial charge in [-0.1, -0.05) is 17.7 Å². The van der Waals surface area contributed by atoms with Crippen LogP contribution in [0.3, 0.4) is 0 Å². The molecule has 0 bridgehead atoms. The maximum absolute atomic E-state index is 13.5. The van der Waals surface area contributed by atoms with E-state index >= 15 is 0 Å². The Morgan fingerprint density at radius 2 is 1.70 bits per heavy atom. The van der Waals surface area contributed by atoms with Gasteiger partial charge in [-0.3, -0.25) is 9.59 Å². The first-order valence-corrected chi connectivity index (χ1v) is 13.1. The number of fused-ring (bicyclic) bond motifs is 1. The van der Waals surface area contributed by atoms with Crippen LogP contribution in [0, 0.1) is 12.8 Å². The SMILES string of the molecule is Cc1ccc(N2C[C@H](C(=O)N3CCCc4cc(S(=O)(=O)N5CCCC5)ccc43)CC2=O)cc1. The van der Waals surface area contributed by atoms with Crippen LogP contribution >= 0.6 is 0 Å². The second-order valence-electron chi connectivity index (χ2n) is 9.24. The Labute approximate surface area is 195 Å². The molecule has 5 rings (SSSR count). The van der Waals surface area contributed by atoms with E-state index < -0.39 is 15.9 Å². The lowest BCUT2D eigenvalue weighted by atomic mass is 9.99. The smallest absolute Gasteiger partial charge is 0.243 e. The number of amides is 2. The van der Waals surface area contributed by atoms with E-state index in [1.807, 2.05) is 31.2 Å². The first-order valence-electron chi connectivity index (χ1n) is 11.7. The number of carbonyl (C=O) groups excluding carboxylic acids is 2. The Balaban J connectivity index is 1.36. The molecule has 2 aromatic carbocycles. The van der Waals surface area contributed by atoms with Crippen LogP contribution in [0.2, 0.25) is 0 Å². The van der Waals surface area contributed by atoms with E-state index in [-0.39, 0.29) is 18.2 Å². The van der Waals surface area contributed by atoms with Gasteiger partial charge in [0.1, 0.15) is 0 Å². The molecule has 1 atom stereocenters. The van der Waals surface area contributed by atoms with E-state index in [0.717, 1.165) is 48.2 Å². The number of benzene rings is 2. The van der Waals surface area contributed by atoms with E-state index in [9.17, 15) is 18.0 Å². The second-order valence-corrected chi connectivity index (χ2v) is 11.2. The number of anilines is 2. The van der Waals surface area contributed by atoms with Crippen molar-refractivity contribution in [2.45, 2.75) is 43.9 Å². The van der Waals surface area contributed by atoms with Gasteiger partial charge in [0.05, 0.1) is 10.8 Å². The van der Waals surface area contributed by atoms with Crippen molar-refractivity contribution in [3.05, 3.63) is 53.6 Å². The molecule has 0 aromatic heterocycles. The van der Waals surface area contributed by atoms with Crippen LogP contribution < -0.4 is 9.80 Å². The lowest BCUT2D eigenvalue weighted by molar-refractivity contribution is -0.124.